The molecule has 0 spiro atoms. The fourth-order valence-corrected chi connectivity index (χ4v) is 1.39. The quantitative estimate of drug-likeness (QED) is 0.785. The van der Waals surface area contributed by atoms with Gasteiger partial charge < -0.3 is 10.6 Å². The first-order valence-corrected chi connectivity index (χ1v) is 4.76. The Kier molecular flexibility index (Phi) is 4.22. The van der Waals surface area contributed by atoms with Crippen LogP contribution in [0.15, 0.2) is 18.2 Å². The Balaban J connectivity index is 2.73. The Morgan fingerprint density at radius 3 is 2.53 bits per heavy atom. The molecule has 0 fully saturated rings. The molecule has 0 saturated carbocycles. The third kappa shape index (κ3) is 3.31. The molecular formula is C9H7Cl2N3O. The fraction of sp³-hybridized carbons (Fsp3) is 0.111. The first-order valence-electron chi connectivity index (χ1n) is 4.01. The Labute approximate surface area is 96.8 Å². The summed E-state index contributed by atoms with van der Waals surface area (Å²) in [6.07, 6.45) is 0. The summed E-state index contributed by atoms with van der Waals surface area (Å²) in [5.41, 5.74) is 0.330. The van der Waals surface area contributed by atoms with Crippen molar-refractivity contribution in [3.05, 3.63) is 28.2 Å². The van der Waals surface area contributed by atoms with Gasteiger partial charge in [0.25, 0.3) is 0 Å². The van der Waals surface area contributed by atoms with Crippen molar-refractivity contribution in [1.29, 1.82) is 5.26 Å². The van der Waals surface area contributed by atoms with E-state index in [0.717, 1.165) is 0 Å². The average Bonchev–Trinajstić information content (AvgIpc) is 2.21. The van der Waals surface area contributed by atoms with E-state index >= 15 is 0 Å². The standard InChI is InChI=1S/C9H7Cl2N3O/c10-6-2-1-3-7(11)8(6)14-9(15)13-5-4-12/h1-3H,5H2,(H2,13,14,15). The number of para-hydroxylation sites is 1. The second-order valence-electron chi connectivity index (χ2n) is 2.56. The Morgan fingerprint density at radius 1 is 1.40 bits per heavy atom. The molecule has 1 aromatic carbocycles. The zero-order valence-corrected chi connectivity index (χ0v) is 9.06. The summed E-state index contributed by atoms with van der Waals surface area (Å²) in [5.74, 6) is 0. The molecule has 2 N–H and O–H groups in total. The lowest BCUT2D eigenvalue weighted by atomic mass is 10.3. The number of anilines is 1. The number of rotatable bonds is 2. The van der Waals surface area contributed by atoms with Crippen molar-refractivity contribution in [3.63, 3.8) is 0 Å². The number of carbonyl (C=O) groups excluding carboxylic acids is 1. The van der Waals surface area contributed by atoms with Crippen molar-refractivity contribution >= 4 is 34.9 Å². The second kappa shape index (κ2) is 5.44. The summed E-state index contributed by atoms with van der Waals surface area (Å²) < 4.78 is 0. The van der Waals surface area contributed by atoms with Crippen LogP contribution < -0.4 is 10.6 Å². The van der Waals surface area contributed by atoms with Crippen molar-refractivity contribution < 1.29 is 4.79 Å². The van der Waals surface area contributed by atoms with Crippen molar-refractivity contribution in [1.82, 2.24) is 5.32 Å². The minimum absolute atomic E-state index is 0.0755. The molecule has 0 aliphatic carbocycles. The SMILES string of the molecule is N#CCNC(=O)Nc1c(Cl)cccc1Cl. The van der Waals surface area contributed by atoms with E-state index in [0.29, 0.717) is 15.7 Å². The number of hydrogen-bond donors (Lipinski definition) is 2. The molecule has 0 aliphatic rings. The molecule has 78 valence electrons. The lowest BCUT2D eigenvalue weighted by molar-refractivity contribution is 0.253. The molecule has 0 aliphatic heterocycles. The van der Waals surface area contributed by atoms with Crippen LogP contribution in [-0.4, -0.2) is 12.6 Å². The predicted octanol–water partition coefficient (Wildman–Crippen LogP) is 2.64. The second-order valence-corrected chi connectivity index (χ2v) is 3.38. The number of carbonyl (C=O) groups is 1. The molecule has 6 heteroatoms. The maximum Gasteiger partial charge on any atom is 0.320 e. The third-order valence-electron chi connectivity index (χ3n) is 1.53. The van der Waals surface area contributed by atoms with Gasteiger partial charge in [-0.2, -0.15) is 5.26 Å². The number of hydrogen-bond acceptors (Lipinski definition) is 2. The van der Waals surface area contributed by atoms with Crippen molar-refractivity contribution in [2.45, 2.75) is 0 Å². The van der Waals surface area contributed by atoms with Crippen LogP contribution >= 0.6 is 23.2 Å². The maximum atomic E-state index is 11.2. The van der Waals surface area contributed by atoms with E-state index in [2.05, 4.69) is 10.6 Å². The van der Waals surface area contributed by atoms with Crippen LogP contribution in [0.3, 0.4) is 0 Å². The van der Waals surface area contributed by atoms with Gasteiger partial charge in [0.05, 0.1) is 21.8 Å². The summed E-state index contributed by atoms with van der Waals surface area (Å²) in [6.45, 7) is -0.0755. The van der Waals surface area contributed by atoms with Gasteiger partial charge in [-0.05, 0) is 12.1 Å². The fourth-order valence-electron chi connectivity index (χ4n) is 0.895. The number of nitrogens with zero attached hydrogens (tertiary/aromatic N) is 1. The Bertz CT molecular complexity index is 394. The van der Waals surface area contributed by atoms with E-state index in [4.69, 9.17) is 28.5 Å². The number of halogens is 2. The molecule has 0 heterocycles. The van der Waals surface area contributed by atoms with Gasteiger partial charge in [-0.25, -0.2) is 4.79 Å². The zero-order chi connectivity index (χ0) is 11.3. The number of nitriles is 1. The van der Waals surface area contributed by atoms with Gasteiger partial charge in [0.1, 0.15) is 6.54 Å². The van der Waals surface area contributed by atoms with Gasteiger partial charge in [-0.1, -0.05) is 29.3 Å². The zero-order valence-electron chi connectivity index (χ0n) is 7.55. The molecule has 0 aromatic heterocycles. The first kappa shape index (κ1) is 11.6. The van der Waals surface area contributed by atoms with Crippen molar-refractivity contribution in [3.8, 4) is 6.07 Å². The molecule has 1 aromatic rings. The van der Waals surface area contributed by atoms with E-state index in [1.807, 2.05) is 0 Å². The highest BCUT2D eigenvalue weighted by Gasteiger charge is 2.08. The molecule has 4 nitrogen and oxygen atoms in total. The average molecular weight is 244 g/mol. The van der Waals surface area contributed by atoms with Crippen molar-refractivity contribution in [2.75, 3.05) is 11.9 Å². The van der Waals surface area contributed by atoms with E-state index in [1.54, 1.807) is 24.3 Å². The Morgan fingerprint density at radius 2 is 2.00 bits per heavy atom. The lowest BCUT2D eigenvalue weighted by Gasteiger charge is -2.08. The van der Waals surface area contributed by atoms with Crippen LogP contribution in [0.4, 0.5) is 10.5 Å². The molecule has 0 saturated heterocycles. The smallest absolute Gasteiger partial charge is 0.320 e. The number of nitrogens with one attached hydrogen (secondary N) is 2. The summed E-state index contributed by atoms with van der Waals surface area (Å²) in [4.78, 5) is 11.2. The molecule has 0 atom stereocenters. The lowest BCUT2D eigenvalue weighted by Crippen LogP contribution is -2.29. The predicted molar refractivity (Wildman–Crippen MR) is 59.1 cm³/mol. The highest BCUT2D eigenvalue weighted by Crippen LogP contribution is 2.29. The molecule has 0 radical (unpaired) electrons. The number of benzene rings is 1. The normalized spacial score (nSPS) is 9.13. The van der Waals surface area contributed by atoms with Crippen LogP contribution in [0.1, 0.15) is 0 Å². The number of urea groups is 1. The summed E-state index contributed by atoms with van der Waals surface area (Å²) in [7, 11) is 0. The highest BCUT2D eigenvalue weighted by atomic mass is 35.5. The van der Waals surface area contributed by atoms with Gasteiger partial charge in [-0.15, -0.1) is 0 Å². The van der Waals surface area contributed by atoms with Crippen LogP contribution in [-0.2, 0) is 0 Å². The van der Waals surface area contributed by atoms with Crippen LogP contribution in [0.2, 0.25) is 10.0 Å². The van der Waals surface area contributed by atoms with Gasteiger partial charge >= 0.3 is 6.03 Å². The Hall–Kier alpha value is -1.44. The first-order chi connectivity index (χ1) is 7.15. The highest BCUT2D eigenvalue weighted by molar-refractivity contribution is 6.39. The van der Waals surface area contributed by atoms with Gasteiger partial charge in [0.2, 0.25) is 0 Å². The molecule has 2 amide bonds. The van der Waals surface area contributed by atoms with Crippen LogP contribution in [0.5, 0.6) is 0 Å². The van der Waals surface area contributed by atoms with Crippen LogP contribution in [0.25, 0.3) is 0 Å². The minimum atomic E-state index is -0.522. The molecule has 15 heavy (non-hydrogen) atoms. The minimum Gasteiger partial charge on any atom is -0.325 e. The molecule has 0 bridgehead atoms. The van der Waals surface area contributed by atoms with E-state index in [9.17, 15) is 4.79 Å². The van der Waals surface area contributed by atoms with E-state index in [1.165, 1.54) is 0 Å². The molecular weight excluding hydrogens is 237 g/mol. The molecule has 0 unspecified atom stereocenters. The monoisotopic (exact) mass is 243 g/mol. The topological polar surface area (TPSA) is 64.9 Å². The maximum absolute atomic E-state index is 11.2. The van der Waals surface area contributed by atoms with E-state index < -0.39 is 6.03 Å². The number of amides is 2. The largest absolute Gasteiger partial charge is 0.325 e. The van der Waals surface area contributed by atoms with Gasteiger partial charge in [0.15, 0.2) is 0 Å². The third-order valence-corrected chi connectivity index (χ3v) is 2.16. The van der Waals surface area contributed by atoms with Gasteiger partial charge in [0, 0.05) is 0 Å². The summed E-state index contributed by atoms with van der Waals surface area (Å²) >= 11 is 11.6. The van der Waals surface area contributed by atoms with Crippen LogP contribution in [0, 0.1) is 11.3 Å². The molecule has 1 rings (SSSR count). The summed E-state index contributed by atoms with van der Waals surface area (Å²) in [6, 6.07) is 6.13. The van der Waals surface area contributed by atoms with Crippen molar-refractivity contribution in [2.24, 2.45) is 0 Å². The van der Waals surface area contributed by atoms with Gasteiger partial charge in [-0.3, -0.25) is 0 Å². The van der Waals surface area contributed by atoms with E-state index in [-0.39, 0.29) is 6.54 Å². The summed E-state index contributed by atoms with van der Waals surface area (Å²) in [5, 5.41) is 13.7.